The van der Waals surface area contributed by atoms with Crippen molar-refractivity contribution >= 4 is 23.3 Å². The van der Waals surface area contributed by atoms with Crippen LogP contribution in [-0.4, -0.2) is 67.0 Å². The van der Waals surface area contributed by atoms with Crippen molar-refractivity contribution in [3.8, 4) is 11.5 Å². The molecule has 1 amide bonds. The summed E-state index contributed by atoms with van der Waals surface area (Å²) in [6, 6.07) is 14.2. The lowest BCUT2D eigenvalue weighted by molar-refractivity contribution is 0.0491. The molecule has 3 aromatic rings. The van der Waals surface area contributed by atoms with E-state index in [2.05, 4.69) is 21.4 Å². The first-order valence-electron chi connectivity index (χ1n) is 14.0. The normalized spacial score (nSPS) is 17.0. The second-order valence-corrected chi connectivity index (χ2v) is 10.1. The van der Waals surface area contributed by atoms with Crippen molar-refractivity contribution in [1.82, 2.24) is 14.7 Å². The minimum Gasteiger partial charge on any atom is -0.493 e. The van der Waals surface area contributed by atoms with Gasteiger partial charge in [0.1, 0.15) is 0 Å². The lowest BCUT2D eigenvalue weighted by Crippen LogP contribution is -2.22. The number of carbonyl (C=O) groups excluding carboxylic acids is 2. The number of ether oxygens (including phenoxy) is 3. The SMILES string of the molecule is COc1ccc(/C2=C/C=C\CCc3cc(C(=O)Nc4ccc(C(=O)OCCCN5CCCC5)cc4)nn32)cc1OC. The van der Waals surface area contributed by atoms with Gasteiger partial charge in [-0.1, -0.05) is 12.2 Å². The molecule has 1 fully saturated rings. The van der Waals surface area contributed by atoms with Crippen LogP contribution in [0.4, 0.5) is 5.69 Å². The zero-order valence-corrected chi connectivity index (χ0v) is 23.6. The number of aryl methyl sites for hydroxylation is 1. The van der Waals surface area contributed by atoms with Crippen molar-refractivity contribution in [2.75, 3.05) is 45.8 Å². The predicted molar refractivity (Wildman–Crippen MR) is 158 cm³/mol. The molecule has 2 aliphatic heterocycles. The molecule has 0 bridgehead atoms. The van der Waals surface area contributed by atoms with Crippen molar-refractivity contribution in [1.29, 1.82) is 0 Å². The van der Waals surface area contributed by atoms with Gasteiger partial charge in [0.25, 0.3) is 5.91 Å². The van der Waals surface area contributed by atoms with Crippen molar-refractivity contribution in [3.63, 3.8) is 0 Å². The van der Waals surface area contributed by atoms with Gasteiger partial charge in [-0.05, 0) is 99.8 Å². The maximum atomic E-state index is 13.2. The summed E-state index contributed by atoms with van der Waals surface area (Å²) in [5.41, 5.74) is 3.94. The highest BCUT2D eigenvalue weighted by molar-refractivity contribution is 6.03. The summed E-state index contributed by atoms with van der Waals surface area (Å²) in [5, 5.41) is 7.57. The molecule has 0 atom stereocenters. The Morgan fingerprint density at radius 3 is 2.51 bits per heavy atom. The smallest absolute Gasteiger partial charge is 0.338 e. The standard InChI is InChI=1S/C32H36N4O5/c1-39-29-16-13-24(21-30(29)40-2)28-10-5-3-4-9-26-22-27(34-36(26)28)31(37)33-25-14-11-23(12-15-25)32(38)41-20-8-19-35-17-6-7-18-35/h3,5,10-16,21-22H,4,6-9,17-20H2,1-2H3,(H,33,37)/b5-3-,28-10-. The summed E-state index contributed by atoms with van der Waals surface area (Å²) in [6.07, 6.45) is 11.0. The highest BCUT2D eigenvalue weighted by Crippen LogP contribution is 2.32. The number of allylic oxidation sites excluding steroid dienone is 3. The molecule has 0 radical (unpaired) electrons. The third-order valence-electron chi connectivity index (χ3n) is 7.31. The van der Waals surface area contributed by atoms with Crippen molar-refractivity contribution < 1.29 is 23.8 Å². The fourth-order valence-electron chi connectivity index (χ4n) is 5.12. The third-order valence-corrected chi connectivity index (χ3v) is 7.31. The van der Waals surface area contributed by atoms with Crippen LogP contribution in [0.15, 0.2) is 66.8 Å². The molecule has 41 heavy (non-hydrogen) atoms. The molecule has 2 aromatic carbocycles. The Morgan fingerprint density at radius 1 is 0.976 bits per heavy atom. The Bertz CT molecular complexity index is 1430. The number of amides is 1. The van der Waals surface area contributed by atoms with Gasteiger partial charge in [0.2, 0.25) is 0 Å². The number of nitrogens with zero attached hydrogens (tertiary/aromatic N) is 3. The molecule has 0 unspecified atom stereocenters. The highest BCUT2D eigenvalue weighted by Gasteiger charge is 2.20. The molecule has 0 spiro atoms. The summed E-state index contributed by atoms with van der Waals surface area (Å²) in [4.78, 5) is 28.0. The molecule has 1 N–H and O–H groups in total. The van der Waals surface area contributed by atoms with E-state index in [0.717, 1.165) is 55.9 Å². The largest absolute Gasteiger partial charge is 0.493 e. The van der Waals surface area contributed by atoms with E-state index < -0.39 is 0 Å². The maximum absolute atomic E-state index is 13.2. The Kier molecular flexibility index (Phi) is 9.15. The predicted octanol–water partition coefficient (Wildman–Crippen LogP) is 5.19. The Hall–Kier alpha value is -4.37. The van der Waals surface area contributed by atoms with Crippen LogP contribution < -0.4 is 14.8 Å². The van der Waals surface area contributed by atoms with Crippen LogP contribution in [0.1, 0.15) is 57.8 Å². The number of aromatic nitrogens is 2. The summed E-state index contributed by atoms with van der Waals surface area (Å²) >= 11 is 0. The molecule has 0 aliphatic carbocycles. The quantitative estimate of drug-likeness (QED) is 0.271. The van der Waals surface area contributed by atoms with Gasteiger partial charge in [-0.15, -0.1) is 0 Å². The van der Waals surface area contributed by atoms with E-state index in [-0.39, 0.29) is 11.9 Å². The summed E-state index contributed by atoms with van der Waals surface area (Å²) in [6.45, 7) is 3.62. The lowest BCUT2D eigenvalue weighted by Gasteiger charge is -2.15. The molecule has 9 nitrogen and oxygen atoms in total. The highest BCUT2D eigenvalue weighted by atomic mass is 16.5. The number of anilines is 1. The fraction of sp³-hybridized carbons (Fsp3) is 0.344. The third kappa shape index (κ3) is 6.86. The van der Waals surface area contributed by atoms with Crippen LogP contribution in [-0.2, 0) is 11.2 Å². The molecular formula is C32H36N4O5. The molecule has 3 heterocycles. The van der Waals surface area contributed by atoms with E-state index in [1.165, 1.54) is 12.8 Å². The molecule has 214 valence electrons. The number of esters is 1. The zero-order chi connectivity index (χ0) is 28.6. The number of hydrogen-bond acceptors (Lipinski definition) is 7. The average Bonchev–Trinajstić information content (AvgIpc) is 3.66. The van der Waals surface area contributed by atoms with E-state index in [1.54, 1.807) is 38.5 Å². The molecule has 9 heteroatoms. The zero-order valence-electron chi connectivity index (χ0n) is 23.6. The second-order valence-electron chi connectivity index (χ2n) is 10.1. The van der Waals surface area contributed by atoms with Gasteiger partial charge >= 0.3 is 5.97 Å². The van der Waals surface area contributed by atoms with Crippen molar-refractivity contribution in [2.24, 2.45) is 0 Å². The minimum atomic E-state index is -0.360. The van der Waals surface area contributed by atoms with Crippen LogP contribution in [0.3, 0.4) is 0 Å². The monoisotopic (exact) mass is 556 g/mol. The van der Waals surface area contributed by atoms with E-state index in [1.807, 2.05) is 41.1 Å². The number of fused-ring (bicyclic) bond motifs is 1. The number of carbonyl (C=O) groups is 2. The first-order valence-corrected chi connectivity index (χ1v) is 14.0. The molecular weight excluding hydrogens is 520 g/mol. The van der Waals surface area contributed by atoms with Gasteiger partial charge in [0.15, 0.2) is 17.2 Å². The molecule has 5 rings (SSSR count). The van der Waals surface area contributed by atoms with E-state index >= 15 is 0 Å². The summed E-state index contributed by atoms with van der Waals surface area (Å²) in [7, 11) is 3.20. The van der Waals surface area contributed by atoms with Gasteiger partial charge in [-0.2, -0.15) is 5.10 Å². The number of benzene rings is 2. The van der Waals surface area contributed by atoms with E-state index in [0.29, 0.717) is 35.1 Å². The van der Waals surface area contributed by atoms with Gasteiger partial charge in [-0.3, -0.25) is 4.79 Å². The first kappa shape index (κ1) is 28.2. The van der Waals surface area contributed by atoms with Gasteiger partial charge in [-0.25, -0.2) is 9.48 Å². The number of likely N-dealkylation sites (tertiary alicyclic amines) is 1. The van der Waals surface area contributed by atoms with Crippen LogP contribution in [0.25, 0.3) is 5.70 Å². The summed E-state index contributed by atoms with van der Waals surface area (Å²) in [5.74, 6) is 0.552. The maximum Gasteiger partial charge on any atom is 0.338 e. The first-order chi connectivity index (χ1) is 20.1. The van der Waals surface area contributed by atoms with E-state index in [4.69, 9.17) is 14.2 Å². The number of nitrogens with one attached hydrogen (secondary N) is 1. The van der Waals surface area contributed by atoms with Crippen molar-refractivity contribution in [2.45, 2.75) is 32.1 Å². The molecule has 1 saturated heterocycles. The van der Waals surface area contributed by atoms with Crippen LogP contribution in [0.5, 0.6) is 11.5 Å². The minimum absolute atomic E-state index is 0.301. The molecule has 1 aromatic heterocycles. The summed E-state index contributed by atoms with van der Waals surface area (Å²) < 4.78 is 18.1. The van der Waals surface area contributed by atoms with E-state index in [9.17, 15) is 9.59 Å². The topological polar surface area (TPSA) is 94.9 Å². The van der Waals surface area contributed by atoms with Crippen LogP contribution >= 0.6 is 0 Å². The Balaban J connectivity index is 1.24. The van der Waals surface area contributed by atoms with Gasteiger partial charge in [0.05, 0.1) is 32.1 Å². The van der Waals surface area contributed by atoms with Crippen LogP contribution in [0, 0.1) is 0 Å². The number of hydrogen-bond donors (Lipinski definition) is 1. The molecule has 2 aliphatic rings. The van der Waals surface area contributed by atoms with Gasteiger partial charge < -0.3 is 24.4 Å². The van der Waals surface area contributed by atoms with Crippen LogP contribution in [0.2, 0.25) is 0 Å². The number of rotatable bonds is 10. The average molecular weight is 557 g/mol. The molecule has 0 saturated carbocycles. The Labute approximate surface area is 240 Å². The van der Waals surface area contributed by atoms with Gasteiger partial charge in [0, 0.05) is 23.5 Å². The fourth-order valence-corrected chi connectivity index (χ4v) is 5.12. The lowest BCUT2D eigenvalue weighted by atomic mass is 10.1. The number of methoxy groups -OCH3 is 2. The van der Waals surface area contributed by atoms with Crippen molar-refractivity contribution in [3.05, 3.63) is 89.3 Å². The Morgan fingerprint density at radius 2 is 1.76 bits per heavy atom. The second kappa shape index (κ2) is 13.3.